The third kappa shape index (κ3) is 6.44. The van der Waals surface area contributed by atoms with Gasteiger partial charge in [-0.2, -0.15) is 0 Å². The van der Waals surface area contributed by atoms with Gasteiger partial charge in [-0.05, 0) is 51.7 Å². The van der Waals surface area contributed by atoms with Crippen molar-refractivity contribution < 1.29 is 9.05 Å². The van der Waals surface area contributed by atoms with Crippen LogP contribution in [-0.2, 0) is 20.9 Å². The van der Waals surface area contributed by atoms with E-state index in [1.165, 1.54) is 0 Å². The largest absolute Gasteiger partial charge is 0.318 e. The van der Waals surface area contributed by atoms with Gasteiger partial charge < -0.3 is 9.05 Å². The van der Waals surface area contributed by atoms with Gasteiger partial charge in [-0.25, -0.2) is 0 Å². The van der Waals surface area contributed by atoms with Crippen LogP contribution >= 0.6 is 18.9 Å². The van der Waals surface area contributed by atoms with Crippen molar-refractivity contribution in [2.24, 2.45) is 4.76 Å². The highest BCUT2D eigenvalue weighted by atomic mass is 32.5. The summed E-state index contributed by atoms with van der Waals surface area (Å²) in [4.78, 5) is 0. The summed E-state index contributed by atoms with van der Waals surface area (Å²) < 4.78 is 14.6. The van der Waals surface area contributed by atoms with E-state index in [2.05, 4.69) is 22.1 Å². The van der Waals surface area contributed by atoms with Gasteiger partial charge in [0.1, 0.15) is 0 Å². The van der Waals surface area contributed by atoms with Gasteiger partial charge in [0, 0.05) is 0 Å². The van der Waals surface area contributed by atoms with E-state index >= 15 is 0 Å². The summed E-state index contributed by atoms with van der Waals surface area (Å²) in [5, 5.41) is 2.22. The maximum Gasteiger partial charge on any atom is 0.318 e. The average molecular weight is 239 g/mol. The van der Waals surface area contributed by atoms with E-state index in [4.69, 9.17) is 20.9 Å². The standard InChI is InChI=1S/C7H14NO2PS2/c1-6(2)9-11(13,8-5-12)10-7(3)4/h6-7H,1-4H3. The van der Waals surface area contributed by atoms with Crippen molar-refractivity contribution in [3.05, 3.63) is 0 Å². The monoisotopic (exact) mass is 239 g/mol. The van der Waals surface area contributed by atoms with E-state index < -0.39 is 6.64 Å². The van der Waals surface area contributed by atoms with E-state index in [1.54, 1.807) is 0 Å². The molecule has 0 aromatic carbocycles. The smallest absolute Gasteiger partial charge is 0.309 e. The van der Waals surface area contributed by atoms with Gasteiger partial charge in [-0.1, -0.05) is 0 Å². The molecule has 6 heteroatoms. The zero-order valence-corrected chi connectivity index (χ0v) is 10.7. The number of isothiocyanates is 1. The maximum atomic E-state index is 5.40. The molecule has 0 fully saturated rings. The molecular formula is C7H14NO2PS2. The predicted octanol–water partition coefficient (Wildman–Crippen LogP) is 3.16. The van der Waals surface area contributed by atoms with Gasteiger partial charge >= 0.3 is 6.64 Å². The van der Waals surface area contributed by atoms with Crippen LogP contribution in [0.2, 0.25) is 0 Å². The first kappa shape index (κ1) is 13.4. The Morgan fingerprint density at radius 2 is 1.54 bits per heavy atom. The topological polar surface area (TPSA) is 30.8 Å². The van der Waals surface area contributed by atoms with E-state index in [9.17, 15) is 0 Å². The summed E-state index contributed by atoms with van der Waals surface area (Å²) in [5.41, 5.74) is 0. The van der Waals surface area contributed by atoms with Crippen molar-refractivity contribution in [1.29, 1.82) is 0 Å². The number of thiocarbonyl (C=S) groups is 1. The molecule has 0 aromatic rings. The van der Waals surface area contributed by atoms with Crippen LogP contribution in [0.4, 0.5) is 0 Å². The lowest BCUT2D eigenvalue weighted by Gasteiger charge is -2.20. The Hall–Kier alpha value is 0.370. The third-order valence-electron chi connectivity index (χ3n) is 0.851. The van der Waals surface area contributed by atoms with Crippen LogP contribution in [0, 0.1) is 0 Å². The fourth-order valence-electron chi connectivity index (χ4n) is 0.655. The van der Waals surface area contributed by atoms with Gasteiger partial charge in [-0.3, -0.25) is 0 Å². The molecule has 0 aromatic heterocycles. The SMILES string of the molecule is CC(C)OP(=S)(N=C=S)OC(C)C. The molecule has 0 bridgehead atoms. The van der Waals surface area contributed by atoms with Crippen LogP contribution in [0.15, 0.2) is 4.76 Å². The van der Waals surface area contributed by atoms with E-state index in [0.717, 1.165) is 0 Å². The minimum absolute atomic E-state index is 0.0170. The molecule has 0 rings (SSSR count). The molecule has 0 spiro atoms. The molecule has 0 amide bonds. The van der Waals surface area contributed by atoms with Crippen molar-refractivity contribution in [3.63, 3.8) is 0 Å². The molecule has 0 saturated carbocycles. The number of rotatable bonds is 5. The Bertz CT molecular complexity index is 235. The maximum absolute atomic E-state index is 5.40. The first-order valence-corrected chi connectivity index (χ1v) is 6.96. The number of hydrogen-bond acceptors (Lipinski definition) is 4. The molecule has 0 heterocycles. The first-order valence-electron chi connectivity index (χ1n) is 3.96. The second kappa shape index (κ2) is 5.97. The van der Waals surface area contributed by atoms with E-state index in [1.807, 2.05) is 27.7 Å². The van der Waals surface area contributed by atoms with Crippen LogP contribution in [-0.4, -0.2) is 17.4 Å². The van der Waals surface area contributed by atoms with Crippen molar-refractivity contribution >= 4 is 35.8 Å². The van der Waals surface area contributed by atoms with E-state index in [-0.39, 0.29) is 12.2 Å². The molecule has 0 aliphatic heterocycles. The summed E-state index contributed by atoms with van der Waals surface area (Å²) in [6.07, 6.45) is -0.0339. The third-order valence-corrected chi connectivity index (χ3v) is 3.56. The zero-order valence-electron chi connectivity index (χ0n) is 8.18. The van der Waals surface area contributed by atoms with Crippen molar-refractivity contribution in [1.82, 2.24) is 0 Å². The Morgan fingerprint density at radius 1 is 1.15 bits per heavy atom. The van der Waals surface area contributed by atoms with E-state index in [0.29, 0.717) is 0 Å². The summed E-state index contributed by atoms with van der Waals surface area (Å²) >= 11 is 9.61. The molecule has 0 aliphatic carbocycles. The first-order chi connectivity index (χ1) is 5.89. The Kier molecular flexibility index (Phi) is 6.14. The lowest BCUT2D eigenvalue weighted by atomic mass is 10.5. The summed E-state index contributed by atoms with van der Waals surface area (Å²) in [6, 6.07) is 0. The van der Waals surface area contributed by atoms with Crippen LogP contribution in [0.1, 0.15) is 27.7 Å². The highest BCUT2D eigenvalue weighted by molar-refractivity contribution is 8.09. The Balaban J connectivity index is 4.53. The molecule has 0 unspecified atom stereocenters. The Labute approximate surface area is 89.8 Å². The normalized spacial score (nSPS) is 11.8. The summed E-state index contributed by atoms with van der Waals surface area (Å²) in [7, 11) is 0. The van der Waals surface area contributed by atoms with Gasteiger partial charge in [0.05, 0.1) is 17.4 Å². The van der Waals surface area contributed by atoms with Crippen molar-refractivity contribution in [3.8, 4) is 0 Å². The minimum Gasteiger partial charge on any atom is -0.309 e. The quantitative estimate of drug-likeness (QED) is 0.419. The molecule has 0 radical (unpaired) electrons. The van der Waals surface area contributed by atoms with Crippen molar-refractivity contribution in [2.45, 2.75) is 39.9 Å². The van der Waals surface area contributed by atoms with Gasteiger partial charge in [0.2, 0.25) is 0 Å². The second-order valence-corrected chi connectivity index (χ2v) is 6.09. The average Bonchev–Trinajstić information content (AvgIpc) is 1.81. The highest BCUT2D eigenvalue weighted by Gasteiger charge is 2.20. The van der Waals surface area contributed by atoms with Gasteiger partial charge in [-0.15, -0.1) is 4.76 Å². The van der Waals surface area contributed by atoms with Crippen LogP contribution in [0.5, 0.6) is 0 Å². The van der Waals surface area contributed by atoms with Gasteiger partial charge in [0.15, 0.2) is 0 Å². The number of nitrogens with zero attached hydrogens (tertiary/aromatic N) is 1. The summed E-state index contributed by atoms with van der Waals surface area (Å²) in [5.74, 6) is 0. The highest BCUT2D eigenvalue weighted by Crippen LogP contribution is 2.51. The van der Waals surface area contributed by atoms with Crippen LogP contribution in [0.3, 0.4) is 0 Å². The van der Waals surface area contributed by atoms with Crippen LogP contribution < -0.4 is 0 Å². The van der Waals surface area contributed by atoms with Gasteiger partial charge in [0.25, 0.3) is 0 Å². The summed E-state index contributed by atoms with van der Waals surface area (Å²) in [6.45, 7) is 4.93. The van der Waals surface area contributed by atoms with Crippen LogP contribution in [0.25, 0.3) is 0 Å². The number of hydrogen-bond donors (Lipinski definition) is 0. The molecule has 0 saturated heterocycles. The molecule has 76 valence electrons. The van der Waals surface area contributed by atoms with Crippen molar-refractivity contribution in [2.75, 3.05) is 0 Å². The Morgan fingerprint density at radius 3 is 1.77 bits per heavy atom. The molecule has 0 N–H and O–H groups in total. The molecule has 3 nitrogen and oxygen atoms in total. The zero-order chi connectivity index (χ0) is 10.5. The fraction of sp³-hybridized carbons (Fsp3) is 0.857. The second-order valence-electron chi connectivity index (χ2n) is 2.97. The lowest BCUT2D eigenvalue weighted by Crippen LogP contribution is -2.06. The minimum atomic E-state index is -2.59. The molecular weight excluding hydrogens is 225 g/mol. The molecule has 0 aliphatic rings. The molecule has 13 heavy (non-hydrogen) atoms. The predicted molar refractivity (Wildman–Crippen MR) is 61.8 cm³/mol. The molecule has 0 atom stereocenters. The lowest BCUT2D eigenvalue weighted by molar-refractivity contribution is 0.176. The fourth-order valence-corrected chi connectivity index (χ4v) is 3.60.